The Morgan fingerprint density at radius 2 is 1.75 bits per heavy atom. The molecular formula is C16H22N4. The Hall–Kier alpha value is -2.23. The van der Waals surface area contributed by atoms with Gasteiger partial charge in [-0.2, -0.15) is 0 Å². The van der Waals surface area contributed by atoms with Gasteiger partial charge < -0.3 is 16.0 Å². The number of nitrogens with one attached hydrogen (secondary N) is 1. The fourth-order valence-corrected chi connectivity index (χ4v) is 2.22. The molecule has 0 unspecified atom stereocenters. The lowest BCUT2D eigenvalue weighted by atomic mass is 10.0. The van der Waals surface area contributed by atoms with Crippen LogP contribution in [0.15, 0.2) is 30.3 Å². The van der Waals surface area contributed by atoms with Crippen molar-refractivity contribution in [2.75, 3.05) is 30.0 Å². The van der Waals surface area contributed by atoms with Gasteiger partial charge in [-0.15, -0.1) is 0 Å². The zero-order chi connectivity index (χ0) is 14.7. The van der Waals surface area contributed by atoms with E-state index in [2.05, 4.69) is 42.3 Å². The summed E-state index contributed by atoms with van der Waals surface area (Å²) in [4.78, 5) is 6.45. The maximum atomic E-state index is 5.91. The number of anilines is 3. The summed E-state index contributed by atoms with van der Waals surface area (Å²) in [5, 5.41) is 3.37. The fraction of sp³-hybridized carbons (Fsp3) is 0.312. The van der Waals surface area contributed by atoms with Crippen molar-refractivity contribution in [3.63, 3.8) is 0 Å². The zero-order valence-electron chi connectivity index (χ0n) is 12.6. The van der Waals surface area contributed by atoms with Crippen LogP contribution in [0.2, 0.25) is 0 Å². The fourth-order valence-electron chi connectivity index (χ4n) is 2.22. The highest BCUT2D eigenvalue weighted by Gasteiger charge is 2.06. The summed E-state index contributed by atoms with van der Waals surface area (Å²) in [5.41, 5.74) is 10.5. The van der Waals surface area contributed by atoms with Crippen molar-refractivity contribution in [1.82, 2.24) is 4.98 Å². The van der Waals surface area contributed by atoms with E-state index in [4.69, 9.17) is 5.73 Å². The molecule has 0 fully saturated rings. The zero-order valence-corrected chi connectivity index (χ0v) is 12.6. The maximum absolute atomic E-state index is 5.91. The molecule has 0 aliphatic heterocycles. The van der Waals surface area contributed by atoms with Crippen molar-refractivity contribution >= 4 is 17.3 Å². The summed E-state index contributed by atoms with van der Waals surface area (Å²) in [6.45, 7) is 5.03. The van der Waals surface area contributed by atoms with Crippen molar-refractivity contribution in [2.45, 2.75) is 20.4 Å². The molecule has 0 saturated heterocycles. The summed E-state index contributed by atoms with van der Waals surface area (Å²) in [5.74, 6) is 1.63. The van der Waals surface area contributed by atoms with E-state index in [9.17, 15) is 0 Å². The lowest BCUT2D eigenvalue weighted by Gasteiger charge is -2.16. The van der Waals surface area contributed by atoms with E-state index in [1.165, 1.54) is 16.7 Å². The van der Waals surface area contributed by atoms with Gasteiger partial charge in [0.1, 0.15) is 5.82 Å². The maximum Gasteiger partial charge on any atom is 0.153 e. The van der Waals surface area contributed by atoms with Gasteiger partial charge in [0.05, 0.1) is 5.69 Å². The first-order valence-corrected chi connectivity index (χ1v) is 6.72. The quantitative estimate of drug-likeness (QED) is 0.897. The van der Waals surface area contributed by atoms with Gasteiger partial charge in [0, 0.05) is 20.6 Å². The van der Waals surface area contributed by atoms with Crippen LogP contribution in [0, 0.1) is 13.8 Å². The number of pyridine rings is 1. The average molecular weight is 270 g/mol. The molecule has 4 nitrogen and oxygen atoms in total. The van der Waals surface area contributed by atoms with Gasteiger partial charge in [-0.1, -0.05) is 18.2 Å². The minimum atomic E-state index is 0.688. The third-order valence-electron chi connectivity index (χ3n) is 3.42. The number of benzene rings is 1. The van der Waals surface area contributed by atoms with Crippen LogP contribution in [0.5, 0.6) is 0 Å². The van der Waals surface area contributed by atoms with Gasteiger partial charge in [0.15, 0.2) is 5.82 Å². The first kappa shape index (κ1) is 14.2. The minimum absolute atomic E-state index is 0.688. The van der Waals surface area contributed by atoms with Gasteiger partial charge in [-0.05, 0) is 42.7 Å². The first-order chi connectivity index (χ1) is 9.49. The first-order valence-electron chi connectivity index (χ1n) is 6.72. The molecule has 0 spiro atoms. The lowest BCUT2D eigenvalue weighted by Crippen LogP contribution is -2.14. The number of nitrogens with zero attached hydrogens (tertiary/aromatic N) is 2. The molecular weight excluding hydrogens is 248 g/mol. The monoisotopic (exact) mass is 270 g/mol. The van der Waals surface area contributed by atoms with Crippen LogP contribution in [-0.2, 0) is 6.54 Å². The Morgan fingerprint density at radius 1 is 1.10 bits per heavy atom. The van der Waals surface area contributed by atoms with Crippen LogP contribution in [0.25, 0.3) is 0 Å². The van der Waals surface area contributed by atoms with Crippen molar-refractivity contribution in [1.29, 1.82) is 0 Å². The molecule has 20 heavy (non-hydrogen) atoms. The van der Waals surface area contributed by atoms with Gasteiger partial charge in [0.25, 0.3) is 0 Å². The molecule has 2 aromatic rings. The highest BCUT2D eigenvalue weighted by Crippen LogP contribution is 2.21. The molecule has 0 radical (unpaired) electrons. The van der Waals surface area contributed by atoms with E-state index in [0.29, 0.717) is 5.69 Å². The Morgan fingerprint density at radius 3 is 2.35 bits per heavy atom. The second-order valence-electron chi connectivity index (χ2n) is 5.23. The topological polar surface area (TPSA) is 54.2 Å². The normalized spacial score (nSPS) is 10.4. The molecule has 0 aliphatic carbocycles. The predicted octanol–water partition coefficient (Wildman–Crippen LogP) is 2.96. The number of nitrogens with two attached hydrogens (primary N) is 1. The third-order valence-corrected chi connectivity index (χ3v) is 3.42. The van der Waals surface area contributed by atoms with E-state index in [1.54, 1.807) is 0 Å². The number of aromatic nitrogens is 1. The molecule has 1 heterocycles. The summed E-state index contributed by atoms with van der Waals surface area (Å²) >= 11 is 0. The summed E-state index contributed by atoms with van der Waals surface area (Å²) in [6, 6.07) is 10.1. The van der Waals surface area contributed by atoms with Crippen LogP contribution in [0.4, 0.5) is 17.3 Å². The molecule has 0 bridgehead atoms. The van der Waals surface area contributed by atoms with Crippen LogP contribution >= 0.6 is 0 Å². The third kappa shape index (κ3) is 3.02. The SMILES string of the molecule is Cc1cccc(C)c1CNc1ccc(N)c(N(C)C)n1. The molecule has 106 valence electrons. The number of hydrogen-bond acceptors (Lipinski definition) is 4. The molecule has 1 aromatic heterocycles. The highest BCUT2D eigenvalue weighted by molar-refractivity contribution is 5.65. The van der Waals surface area contributed by atoms with Crippen LogP contribution in [0.1, 0.15) is 16.7 Å². The molecule has 0 aliphatic rings. The van der Waals surface area contributed by atoms with Crippen molar-refractivity contribution in [3.8, 4) is 0 Å². The Bertz CT molecular complexity index is 585. The van der Waals surface area contributed by atoms with Gasteiger partial charge in [0.2, 0.25) is 0 Å². The molecule has 0 amide bonds. The molecule has 1 aromatic carbocycles. The second-order valence-corrected chi connectivity index (χ2v) is 5.23. The predicted molar refractivity (Wildman–Crippen MR) is 86.2 cm³/mol. The van der Waals surface area contributed by atoms with Crippen LogP contribution in [-0.4, -0.2) is 19.1 Å². The molecule has 0 atom stereocenters. The minimum Gasteiger partial charge on any atom is -0.396 e. The Balaban J connectivity index is 2.17. The van der Waals surface area contributed by atoms with E-state index >= 15 is 0 Å². The Labute approximate surface area is 120 Å². The number of nitrogen functional groups attached to an aromatic ring is 1. The molecule has 2 rings (SSSR count). The average Bonchev–Trinajstić information content (AvgIpc) is 2.39. The molecule has 4 heteroatoms. The lowest BCUT2D eigenvalue weighted by molar-refractivity contribution is 1.04. The van der Waals surface area contributed by atoms with Crippen molar-refractivity contribution in [3.05, 3.63) is 47.0 Å². The van der Waals surface area contributed by atoms with Crippen LogP contribution in [0.3, 0.4) is 0 Å². The van der Waals surface area contributed by atoms with Crippen molar-refractivity contribution < 1.29 is 0 Å². The largest absolute Gasteiger partial charge is 0.396 e. The second kappa shape index (κ2) is 5.82. The summed E-state index contributed by atoms with van der Waals surface area (Å²) < 4.78 is 0. The standard InChI is InChI=1S/C16H22N4/c1-11-6-5-7-12(2)13(11)10-18-15-9-8-14(17)16(19-15)20(3)4/h5-9H,10,17H2,1-4H3,(H,18,19). The van der Waals surface area contributed by atoms with E-state index in [-0.39, 0.29) is 0 Å². The Kier molecular flexibility index (Phi) is 4.13. The summed E-state index contributed by atoms with van der Waals surface area (Å²) in [7, 11) is 3.88. The number of hydrogen-bond donors (Lipinski definition) is 2. The van der Waals surface area contributed by atoms with E-state index in [1.807, 2.05) is 31.1 Å². The van der Waals surface area contributed by atoms with Gasteiger partial charge >= 0.3 is 0 Å². The molecule has 0 saturated carbocycles. The van der Waals surface area contributed by atoms with Crippen LogP contribution < -0.4 is 16.0 Å². The van der Waals surface area contributed by atoms with Gasteiger partial charge in [-0.3, -0.25) is 0 Å². The van der Waals surface area contributed by atoms with Crippen molar-refractivity contribution in [2.24, 2.45) is 0 Å². The number of aryl methyl sites for hydroxylation is 2. The smallest absolute Gasteiger partial charge is 0.153 e. The number of rotatable bonds is 4. The van der Waals surface area contributed by atoms with E-state index in [0.717, 1.165) is 18.2 Å². The highest BCUT2D eigenvalue weighted by atomic mass is 15.2. The summed E-state index contributed by atoms with van der Waals surface area (Å²) in [6.07, 6.45) is 0. The van der Waals surface area contributed by atoms with E-state index < -0.39 is 0 Å². The molecule has 3 N–H and O–H groups in total. The van der Waals surface area contributed by atoms with Gasteiger partial charge in [-0.25, -0.2) is 4.98 Å².